The Hall–Kier alpha value is -0.120. The highest BCUT2D eigenvalue weighted by Crippen LogP contribution is 2.19. The van der Waals surface area contributed by atoms with Crippen LogP contribution in [0.25, 0.3) is 0 Å². The summed E-state index contributed by atoms with van der Waals surface area (Å²) in [7, 11) is 2.19. The monoisotopic (exact) mass is 242 g/mol. The van der Waals surface area contributed by atoms with Crippen LogP contribution >= 0.6 is 0 Å². The fraction of sp³-hybridized carbons (Fsp3) is 1.00. The average Bonchev–Trinajstić information content (AvgIpc) is 2.23. The molecule has 1 fully saturated rings. The molecule has 0 aromatic carbocycles. The zero-order chi connectivity index (χ0) is 12.7. The largest absolute Gasteiger partial charge is 0.377 e. The van der Waals surface area contributed by atoms with E-state index in [-0.39, 0.29) is 0 Å². The van der Waals surface area contributed by atoms with E-state index in [1.165, 1.54) is 38.5 Å². The van der Waals surface area contributed by atoms with Gasteiger partial charge in [0.15, 0.2) is 0 Å². The number of nitrogens with two attached hydrogens (primary N) is 1. The second-order valence-electron chi connectivity index (χ2n) is 5.62. The first kappa shape index (κ1) is 14.9. The number of rotatable bonds is 5. The summed E-state index contributed by atoms with van der Waals surface area (Å²) >= 11 is 0. The Bertz CT molecular complexity index is 197. The molecule has 2 N–H and O–H groups in total. The lowest BCUT2D eigenvalue weighted by molar-refractivity contribution is 0.0504. The second-order valence-corrected chi connectivity index (χ2v) is 5.62. The predicted molar refractivity (Wildman–Crippen MR) is 73.2 cm³/mol. The van der Waals surface area contributed by atoms with Crippen molar-refractivity contribution in [3.8, 4) is 0 Å². The molecule has 0 bridgehead atoms. The van der Waals surface area contributed by atoms with Crippen LogP contribution in [0.5, 0.6) is 0 Å². The van der Waals surface area contributed by atoms with Gasteiger partial charge in [-0.15, -0.1) is 0 Å². The van der Waals surface area contributed by atoms with E-state index in [1.807, 2.05) is 0 Å². The molecule has 0 radical (unpaired) electrons. The van der Waals surface area contributed by atoms with E-state index >= 15 is 0 Å². The lowest BCUT2D eigenvalue weighted by atomic mass is 9.92. The molecule has 1 rings (SSSR count). The summed E-state index contributed by atoms with van der Waals surface area (Å²) in [4.78, 5) is 2.40. The summed E-state index contributed by atoms with van der Waals surface area (Å²) < 4.78 is 5.61. The van der Waals surface area contributed by atoms with Gasteiger partial charge in [-0.2, -0.15) is 0 Å². The van der Waals surface area contributed by atoms with Crippen molar-refractivity contribution in [2.45, 2.75) is 70.6 Å². The first-order valence-corrected chi connectivity index (χ1v) is 7.18. The van der Waals surface area contributed by atoms with Gasteiger partial charge in [-0.05, 0) is 33.7 Å². The summed E-state index contributed by atoms with van der Waals surface area (Å²) in [6, 6.07) is 0.894. The van der Waals surface area contributed by atoms with Gasteiger partial charge in [0.05, 0.1) is 12.7 Å². The lowest BCUT2D eigenvalue weighted by Crippen LogP contribution is -2.47. The van der Waals surface area contributed by atoms with Gasteiger partial charge in [0.25, 0.3) is 0 Å². The van der Waals surface area contributed by atoms with Crippen molar-refractivity contribution in [3.05, 3.63) is 0 Å². The average molecular weight is 242 g/mol. The van der Waals surface area contributed by atoms with Crippen molar-refractivity contribution in [2.75, 3.05) is 20.2 Å². The molecule has 1 saturated carbocycles. The highest BCUT2D eigenvalue weighted by Gasteiger charge is 2.22. The smallest absolute Gasteiger partial charge is 0.0596 e. The van der Waals surface area contributed by atoms with E-state index in [2.05, 4.69) is 25.8 Å². The number of hydrogen-bond donors (Lipinski definition) is 1. The molecule has 0 spiro atoms. The van der Waals surface area contributed by atoms with Gasteiger partial charge in [-0.3, -0.25) is 4.90 Å². The van der Waals surface area contributed by atoms with Gasteiger partial charge in [-0.1, -0.05) is 25.7 Å². The van der Waals surface area contributed by atoms with Gasteiger partial charge in [0.1, 0.15) is 0 Å². The van der Waals surface area contributed by atoms with Crippen molar-refractivity contribution >= 4 is 0 Å². The molecule has 2 unspecified atom stereocenters. The summed E-state index contributed by atoms with van der Waals surface area (Å²) in [5, 5.41) is 0. The zero-order valence-electron chi connectivity index (χ0n) is 11.8. The van der Waals surface area contributed by atoms with Crippen LogP contribution in [0.4, 0.5) is 0 Å². The van der Waals surface area contributed by atoms with Crippen molar-refractivity contribution in [2.24, 2.45) is 5.73 Å². The third kappa shape index (κ3) is 5.84. The van der Waals surface area contributed by atoms with Crippen LogP contribution in [-0.2, 0) is 4.74 Å². The topological polar surface area (TPSA) is 38.5 Å². The Balaban J connectivity index is 2.32. The molecule has 17 heavy (non-hydrogen) atoms. The maximum absolute atomic E-state index is 6.30. The van der Waals surface area contributed by atoms with E-state index in [1.54, 1.807) is 0 Å². The maximum atomic E-state index is 6.30. The van der Waals surface area contributed by atoms with Gasteiger partial charge in [0, 0.05) is 18.6 Å². The minimum absolute atomic E-state index is 0.328. The molecule has 2 atom stereocenters. The molecule has 0 heterocycles. The number of likely N-dealkylation sites (N-methyl/N-ethyl adjacent to an activating group) is 1. The second kappa shape index (κ2) is 8.06. The fourth-order valence-electron chi connectivity index (χ4n) is 2.64. The van der Waals surface area contributed by atoms with Crippen molar-refractivity contribution in [3.63, 3.8) is 0 Å². The SMILES string of the molecule is CC(C)OCCN(C)C1CCCCCCC1N. The van der Waals surface area contributed by atoms with Crippen molar-refractivity contribution in [1.29, 1.82) is 0 Å². The third-order valence-electron chi connectivity index (χ3n) is 3.74. The normalized spacial score (nSPS) is 27.2. The van der Waals surface area contributed by atoms with Crippen LogP contribution in [0.3, 0.4) is 0 Å². The van der Waals surface area contributed by atoms with Crippen molar-refractivity contribution < 1.29 is 4.74 Å². The Morgan fingerprint density at radius 3 is 2.47 bits per heavy atom. The first-order chi connectivity index (χ1) is 8.11. The van der Waals surface area contributed by atoms with Gasteiger partial charge >= 0.3 is 0 Å². The maximum Gasteiger partial charge on any atom is 0.0596 e. The molecule has 1 aliphatic carbocycles. The molecular weight excluding hydrogens is 212 g/mol. The highest BCUT2D eigenvalue weighted by molar-refractivity contribution is 4.82. The predicted octanol–water partition coefficient (Wildman–Crippen LogP) is 2.39. The Morgan fingerprint density at radius 2 is 1.82 bits per heavy atom. The standard InChI is InChI=1S/C14H30N2O/c1-12(2)17-11-10-16(3)14-9-7-5-4-6-8-13(14)15/h12-14H,4-11,15H2,1-3H3. The van der Waals surface area contributed by atoms with E-state index < -0.39 is 0 Å². The third-order valence-corrected chi connectivity index (χ3v) is 3.74. The van der Waals surface area contributed by atoms with E-state index in [9.17, 15) is 0 Å². The molecule has 0 saturated heterocycles. The molecule has 0 aromatic rings. The van der Waals surface area contributed by atoms with E-state index in [4.69, 9.17) is 10.5 Å². The van der Waals surface area contributed by atoms with Crippen LogP contribution in [0.15, 0.2) is 0 Å². The number of hydrogen-bond acceptors (Lipinski definition) is 3. The fourth-order valence-corrected chi connectivity index (χ4v) is 2.64. The summed E-state index contributed by atoms with van der Waals surface area (Å²) in [6.07, 6.45) is 8.12. The number of ether oxygens (including phenoxy) is 1. The Kier molecular flexibility index (Phi) is 7.09. The van der Waals surface area contributed by atoms with Crippen LogP contribution in [0.1, 0.15) is 52.4 Å². The number of nitrogens with zero attached hydrogens (tertiary/aromatic N) is 1. The zero-order valence-corrected chi connectivity index (χ0v) is 11.8. The van der Waals surface area contributed by atoms with Crippen LogP contribution in [-0.4, -0.2) is 43.3 Å². The summed E-state index contributed by atoms with van der Waals surface area (Å²) in [6.45, 7) is 5.98. The first-order valence-electron chi connectivity index (χ1n) is 7.18. The van der Waals surface area contributed by atoms with Gasteiger partial charge in [-0.25, -0.2) is 0 Å². The van der Waals surface area contributed by atoms with E-state index in [0.717, 1.165) is 13.2 Å². The van der Waals surface area contributed by atoms with Gasteiger partial charge < -0.3 is 10.5 Å². The molecule has 0 aliphatic heterocycles. The van der Waals surface area contributed by atoms with Crippen LogP contribution in [0, 0.1) is 0 Å². The summed E-state index contributed by atoms with van der Waals surface area (Å²) in [5.74, 6) is 0. The van der Waals surface area contributed by atoms with E-state index in [0.29, 0.717) is 18.2 Å². The molecule has 102 valence electrons. The van der Waals surface area contributed by atoms with Crippen LogP contribution in [0.2, 0.25) is 0 Å². The quantitative estimate of drug-likeness (QED) is 0.804. The molecule has 3 heteroatoms. The summed E-state index contributed by atoms with van der Waals surface area (Å²) in [5.41, 5.74) is 6.30. The molecular formula is C14H30N2O. The molecule has 0 amide bonds. The lowest BCUT2D eigenvalue weighted by Gasteiger charge is -2.34. The van der Waals surface area contributed by atoms with Crippen LogP contribution < -0.4 is 5.73 Å². The highest BCUT2D eigenvalue weighted by atomic mass is 16.5. The Labute approximate surface area is 107 Å². The minimum Gasteiger partial charge on any atom is -0.377 e. The Morgan fingerprint density at radius 1 is 1.18 bits per heavy atom. The molecule has 3 nitrogen and oxygen atoms in total. The van der Waals surface area contributed by atoms with Gasteiger partial charge in [0.2, 0.25) is 0 Å². The van der Waals surface area contributed by atoms with Crippen molar-refractivity contribution in [1.82, 2.24) is 4.90 Å². The molecule has 1 aliphatic rings. The molecule has 0 aromatic heterocycles. The minimum atomic E-state index is 0.328.